The molecule has 3 nitrogen and oxygen atoms in total. The summed E-state index contributed by atoms with van der Waals surface area (Å²) in [6.07, 6.45) is 0.969. The molecule has 0 aliphatic heterocycles. The van der Waals surface area contributed by atoms with Gasteiger partial charge < -0.3 is 0 Å². The van der Waals surface area contributed by atoms with Crippen molar-refractivity contribution >= 4 is 16.7 Å². The topological polar surface area (TPSA) is 34.9 Å². The van der Waals surface area contributed by atoms with Crippen LogP contribution in [-0.4, -0.2) is 15.6 Å². The number of carbonyl (C=O) groups is 1. The summed E-state index contributed by atoms with van der Waals surface area (Å²) in [5, 5.41) is 5.69. The van der Waals surface area contributed by atoms with Crippen LogP contribution in [0.4, 0.5) is 0 Å². The normalized spacial score (nSPS) is 11.4. The molecule has 0 saturated heterocycles. The Bertz CT molecular complexity index is 567. The van der Waals surface area contributed by atoms with Gasteiger partial charge in [-0.2, -0.15) is 5.10 Å². The predicted octanol–water partition coefficient (Wildman–Crippen LogP) is 2.97. The fourth-order valence-electron chi connectivity index (χ4n) is 2.09. The van der Waals surface area contributed by atoms with Gasteiger partial charge in [0.25, 0.3) is 0 Å². The molecule has 2 rings (SSSR count). The molecule has 0 aliphatic carbocycles. The van der Waals surface area contributed by atoms with E-state index in [1.165, 1.54) is 0 Å². The van der Waals surface area contributed by atoms with Gasteiger partial charge in [-0.15, -0.1) is 0 Å². The second kappa shape index (κ2) is 4.32. The van der Waals surface area contributed by atoms with Gasteiger partial charge in [-0.1, -0.05) is 26.0 Å². The van der Waals surface area contributed by atoms with Gasteiger partial charge in [-0.05, 0) is 25.3 Å². The minimum Gasteiger partial charge on any atom is -0.295 e. The molecule has 0 N–H and O–H groups in total. The van der Waals surface area contributed by atoms with E-state index in [0.29, 0.717) is 5.92 Å². The minimum absolute atomic E-state index is 0.0958. The molecule has 0 spiro atoms. The van der Waals surface area contributed by atoms with E-state index in [-0.39, 0.29) is 5.78 Å². The van der Waals surface area contributed by atoms with E-state index in [9.17, 15) is 4.79 Å². The van der Waals surface area contributed by atoms with Crippen LogP contribution in [0.2, 0.25) is 0 Å². The molecular weight excluding hydrogens is 212 g/mol. The summed E-state index contributed by atoms with van der Waals surface area (Å²) in [7, 11) is 1.93. The van der Waals surface area contributed by atoms with Crippen LogP contribution in [0.25, 0.3) is 10.9 Å². The fraction of sp³-hybridized carbons (Fsp3) is 0.429. The molecule has 17 heavy (non-hydrogen) atoms. The number of nitrogens with zero attached hydrogens (tertiary/aromatic N) is 2. The highest BCUT2D eigenvalue weighted by Gasteiger charge is 2.11. The van der Waals surface area contributed by atoms with E-state index >= 15 is 0 Å². The lowest BCUT2D eigenvalue weighted by Crippen LogP contribution is -1.96. The Hall–Kier alpha value is -1.64. The van der Waals surface area contributed by atoms with Crippen LogP contribution >= 0.6 is 0 Å². The highest BCUT2D eigenvalue weighted by atomic mass is 16.1. The van der Waals surface area contributed by atoms with Gasteiger partial charge in [-0.3, -0.25) is 9.48 Å². The third-order valence-electron chi connectivity index (χ3n) is 2.94. The molecule has 2 aromatic rings. The summed E-state index contributed by atoms with van der Waals surface area (Å²) < 4.78 is 1.86. The molecule has 3 heteroatoms. The zero-order chi connectivity index (χ0) is 12.6. The fourth-order valence-corrected chi connectivity index (χ4v) is 2.09. The first-order valence-corrected chi connectivity index (χ1v) is 5.95. The van der Waals surface area contributed by atoms with Crippen molar-refractivity contribution in [2.75, 3.05) is 0 Å². The van der Waals surface area contributed by atoms with Crippen LogP contribution in [0.3, 0.4) is 0 Å². The molecule has 1 aromatic carbocycles. The summed E-state index contributed by atoms with van der Waals surface area (Å²) in [6, 6.07) is 5.82. The summed E-state index contributed by atoms with van der Waals surface area (Å²) in [5.74, 6) is 0.680. The van der Waals surface area contributed by atoms with Crippen molar-refractivity contribution in [3.63, 3.8) is 0 Å². The number of ketones is 1. The number of hydrogen-bond donors (Lipinski definition) is 0. The smallest absolute Gasteiger partial charge is 0.159 e. The monoisotopic (exact) mass is 230 g/mol. The van der Waals surface area contributed by atoms with Gasteiger partial charge in [0.2, 0.25) is 0 Å². The molecule has 0 bridgehead atoms. The van der Waals surface area contributed by atoms with Crippen molar-refractivity contribution in [1.29, 1.82) is 0 Å². The standard InChI is InChI=1S/C14H18N2O/c1-9(2)7-13-12-6-5-11(10(3)17)8-14(12)16(4)15-13/h5-6,8-9H,7H2,1-4H3. The number of aryl methyl sites for hydroxylation is 1. The summed E-state index contributed by atoms with van der Waals surface area (Å²) in [5.41, 5.74) is 2.90. The van der Waals surface area contributed by atoms with Gasteiger partial charge in [0.1, 0.15) is 0 Å². The van der Waals surface area contributed by atoms with Gasteiger partial charge in [-0.25, -0.2) is 0 Å². The van der Waals surface area contributed by atoms with E-state index < -0.39 is 0 Å². The maximum absolute atomic E-state index is 11.4. The predicted molar refractivity (Wildman–Crippen MR) is 69.3 cm³/mol. The lowest BCUT2D eigenvalue weighted by atomic mass is 10.0. The number of hydrogen-bond acceptors (Lipinski definition) is 2. The number of aromatic nitrogens is 2. The van der Waals surface area contributed by atoms with E-state index in [2.05, 4.69) is 18.9 Å². The number of Topliss-reactive ketones (excluding diaryl/α,β-unsaturated/α-hetero) is 1. The van der Waals surface area contributed by atoms with Crippen LogP contribution < -0.4 is 0 Å². The molecule has 0 aliphatic rings. The average molecular weight is 230 g/mol. The van der Waals surface area contributed by atoms with Crippen molar-refractivity contribution in [1.82, 2.24) is 9.78 Å². The summed E-state index contributed by atoms with van der Waals surface area (Å²) in [6.45, 7) is 5.96. The SMILES string of the molecule is CC(=O)c1ccc2c(CC(C)C)nn(C)c2c1. The molecule has 0 saturated carbocycles. The second-order valence-corrected chi connectivity index (χ2v) is 4.96. The largest absolute Gasteiger partial charge is 0.295 e. The van der Waals surface area contributed by atoms with Gasteiger partial charge in [0, 0.05) is 18.0 Å². The quantitative estimate of drug-likeness (QED) is 0.760. The highest BCUT2D eigenvalue weighted by Crippen LogP contribution is 2.22. The van der Waals surface area contributed by atoms with E-state index in [1.54, 1.807) is 6.92 Å². The Balaban J connectivity index is 2.57. The highest BCUT2D eigenvalue weighted by molar-refractivity contribution is 5.98. The second-order valence-electron chi connectivity index (χ2n) is 4.96. The van der Waals surface area contributed by atoms with Crippen molar-refractivity contribution in [2.24, 2.45) is 13.0 Å². The Morgan fingerprint density at radius 1 is 1.41 bits per heavy atom. The molecule has 0 amide bonds. The summed E-state index contributed by atoms with van der Waals surface area (Å²) >= 11 is 0. The zero-order valence-corrected chi connectivity index (χ0v) is 10.8. The molecular formula is C14H18N2O. The van der Waals surface area contributed by atoms with Crippen molar-refractivity contribution < 1.29 is 4.79 Å². The van der Waals surface area contributed by atoms with Crippen LogP contribution in [0.5, 0.6) is 0 Å². The Morgan fingerprint density at radius 2 is 2.12 bits per heavy atom. The third kappa shape index (κ3) is 2.23. The molecule has 0 fully saturated rings. The van der Waals surface area contributed by atoms with Crippen molar-refractivity contribution in [3.05, 3.63) is 29.5 Å². The number of carbonyl (C=O) groups excluding carboxylic acids is 1. The first-order valence-electron chi connectivity index (χ1n) is 5.95. The maximum atomic E-state index is 11.4. The third-order valence-corrected chi connectivity index (χ3v) is 2.94. The van der Waals surface area contributed by atoms with E-state index in [4.69, 9.17) is 0 Å². The van der Waals surface area contributed by atoms with Crippen molar-refractivity contribution in [2.45, 2.75) is 27.2 Å². The van der Waals surface area contributed by atoms with Crippen LogP contribution in [-0.2, 0) is 13.5 Å². The first-order chi connectivity index (χ1) is 7.99. The number of benzene rings is 1. The zero-order valence-electron chi connectivity index (χ0n) is 10.8. The summed E-state index contributed by atoms with van der Waals surface area (Å²) in [4.78, 5) is 11.4. The first kappa shape index (κ1) is 11.8. The number of fused-ring (bicyclic) bond motifs is 1. The van der Waals surface area contributed by atoms with Gasteiger partial charge in [0.05, 0.1) is 11.2 Å². The molecule has 0 radical (unpaired) electrons. The molecule has 1 heterocycles. The van der Waals surface area contributed by atoms with Crippen LogP contribution in [0, 0.1) is 5.92 Å². The Labute approximate surface area is 101 Å². The van der Waals surface area contributed by atoms with Crippen molar-refractivity contribution in [3.8, 4) is 0 Å². The molecule has 0 atom stereocenters. The Kier molecular flexibility index (Phi) is 3.01. The Morgan fingerprint density at radius 3 is 2.71 bits per heavy atom. The lowest BCUT2D eigenvalue weighted by molar-refractivity contribution is 0.101. The van der Waals surface area contributed by atoms with Crippen LogP contribution in [0.15, 0.2) is 18.2 Å². The molecule has 0 unspecified atom stereocenters. The average Bonchev–Trinajstić information content (AvgIpc) is 2.54. The van der Waals surface area contributed by atoms with E-state index in [0.717, 1.165) is 28.6 Å². The number of rotatable bonds is 3. The molecule has 90 valence electrons. The van der Waals surface area contributed by atoms with E-state index in [1.807, 2.05) is 29.9 Å². The lowest BCUT2D eigenvalue weighted by Gasteiger charge is -2.01. The van der Waals surface area contributed by atoms with Crippen LogP contribution in [0.1, 0.15) is 36.8 Å². The molecule has 1 aromatic heterocycles. The van der Waals surface area contributed by atoms with Gasteiger partial charge in [0.15, 0.2) is 5.78 Å². The van der Waals surface area contributed by atoms with Gasteiger partial charge >= 0.3 is 0 Å². The maximum Gasteiger partial charge on any atom is 0.159 e. The minimum atomic E-state index is 0.0958.